The monoisotopic (exact) mass is 261 g/mol. The Labute approximate surface area is 108 Å². The number of carboxylic acids is 1. The molecule has 1 aliphatic rings. The highest BCUT2D eigenvalue weighted by Gasteiger charge is 2.15. The van der Waals surface area contributed by atoms with Gasteiger partial charge in [-0.05, 0) is 23.6 Å². The molecule has 6 heteroatoms. The quantitative estimate of drug-likeness (QED) is 0.901. The molecule has 1 N–H and O–H groups in total. The first-order chi connectivity index (χ1) is 9.24. The number of hydrogen-bond donors (Lipinski definition) is 1. The molecule has 0 fully saturated rings. The summed E-state index contributed by atoms with van der Waals surface area (Å²) in [4.78, 5) is 14.6. The maximum Gasteiger partial charge on any atom is 0.341 e. The number of aromatic nitrogens is 1. The van der Waals surface area contributed by atoms with E-state index in [4.69, 9.17) is 19.3 Å². The van der Waals surface area contributed by atoms with Gasteiger partial charge in [-0.15, -0.1) is 0 Å². The van der Waals surface area contributed by atoms with E-state index < -0.39 is 12.6 Å². The maximum atomic E-state index is 10.5. The lowest BCUT2D eigenvalue weighted by molar-refractivity contribution is -0.139. The lowest BCUT2D eigenvalue weighted by Crippen LogP contribution is -2.15. The average Bonchev–Trinajstić information content (AvgIpc) is 2.42. The fourth-order valence-corrected chi connectivity index (χ4v) is 1.93. The molecule has 0 saturated carbocycles. The van der Waals surface area contributed by atoms with Crippen molar-refractivity contribution in [1.82, 2.24) is 4.98 Å². The van der Waals surface area contributed by atoms with E-state index in [1.54, 1.807) is 18.3 Å². The molecular formula is C13H11NO5. The summed E-state index contributed by atoms with van der Waals surface area (Å²) < 4.78 is 16.1. The first kappa shape index (κ1) is 11.6. The molecule has 0 amide bonds. The van der Waals surface area contributed by atoms with Crippen LogP contribution in [0.2, 0.25) is 0 Å². The second-order valence-electron chi connectivity index (χ2n) is 4.02. The van der Waals surface area contributed by atoms with Crippen molar-refractivity contribution in [3.05, 3.63) is 24.4 Å². The van der Waals surface area contributed by atoms with Crippen LogP contribution in [0.25, 0.3) is 10.8 Å². The number of carbonyl (C=O) groups is 1. The molecule has 1 aromatic heterocycles. The van der Waals surface area contributed by atoms with Gasteiger partial charge in [0.25, 0.3) is 0 Å². The van der Waals surface area contributed by atoms with Gasteiger partial charge in [-0.2, -0.15) is 0 Å². The van der Waals surface area contributed by atoms with Crippen molar-refractivity contribution in [3.63, 3.8) is 0 Å². The van der Waals surface area contributed by atoms with Gasteiger partial charge in [0.15, 0.2) is 18.1 Å². The van der Waals surface area contributed by atoms with E-state index in [1.807, 2.05) is 6.07 Å². The van der Waals surface area contributed by atoms with Crippen molar-refractivity contribution < 1.29 is 24.1 Å². The molecule has 0 aliphatic carbocycles. The Bertz CT molecular complexity index is 640. The molecule has 19 heavy (non-hydrogen) atoms. The molecule has 98 valence electrons. The van der Waals surface area contributed by atoms with Crippen LogP contribution >= 0.6 is 0 Å². The van der Waals surface area contributed by atoms with E-state index in [-0.39, 0.29) is 5.88 Å². The molecule has 1 aliphatic heterocycles. The normalized spacial score (nSPS) is 13.3. The van der Waals surface area contributed by atoms with Gasteiger partial charge in [-0.25, -0.2) is 9.78 Å². The van der Waals surface area contributed by atoms with Crippen molar-refractivity contribution in [2.45, 2.75) is 0 Å². The Kier molecular flexibility index (Phi) is 2.83. The number of hydrogen-bond acceptors (Lipinski definition) is 5. The Morgan fingerprint density at radius 1 is 1.32 bits per heavy atom. The highest BCUT2D eigenvalue weighted by Crippen LogP contribution is 2.37. The number of pyridine rings is 1. The minimum atomic E-state index is -1.05. The summed E-state index contributed by atoms with van der Waals surface area (Å²) in [5.41, 5.74) is 0. The number of ether oxygens (including phenoxy) is 3. The largest absolute Gasteiger partial charge is 0.486 e. The summed E-state index contributed by atoms with van der Waals surface area (Å²) in [5, 5.41) is 10.2. The number of benzene rings is 1. The van der Waals surface area contributed by atoms with Crippen LogP contribution in [0.4, 0.5) is 0 Å². The standard InChI is InChI=1S/C13H11NO5/c15-12(16)7-19-13-9-6-11-10(17-3-4-18-11)5-8(9)1-2-14-13/h1-2,5-6H,3-4,7H2,(H,15,16). The summed E-state index contributed by atoms with van der Waals surface area (Å²) in [5.74, 6) is 0.522. The third kappa shape index (κ3) is 2.24. The third-order valence-corrected chi connectivity index (χ3v) is 2.72. The third-order valence-electron chi connectivity index (χ3n) is 2.72. The van der Waals surface area contributed by atoms with Crippen LogP contribution in [0.5, 0.6) is 17.4 Å². The van der Waals surface area contributed by atoms with Crippen molar-refractivity contribution in [3.8, 4) is 17.4 Å². The summed E-state index contributed by atoms with van der Waals surface area (Å²) >= 11 is 0. The minimum Gasteiger partial charge on any atom is -0.486 e. The molecular weight excluding hydrogens is 250 g/mol. The first-order valence-electron chi connectivity index (χ1n) is 5.77. The second kappa shape index (κ2) is 4.64. The van der Waals surface area contributed by atoms with Gasteiger partial charge in [-0.1, -0.05) is 0 Å². The smallest absolute Gasteiger partial charge is 0.341 e. The van der Waals surface area contributed by atoms with Gasteiger partial charge >= 0.3 is 5.97 Å². The van der Waals surface area contributed by atoms with Crippen LogP contribution in [-0.2, 0) is 4.79 Å². The highest BCUT2D eigenvalue weighted by atomic mass is 16.6. The van der Waals surface area contributed by atoms with E-state index in [0.717, 1.165) is 5.39 Å². The van der Waals surface area contributed by atoms with Gasteiger partial charge in [-0.3, -0.25) is 0 Å². The molecule has 1 aromatic carbocycles. The number of aliphatic carboxylic acids is 1. The number of nitrogens with zero attached hydrogens (tertiary/aromatic N) is 1. The second-order valence-corrected chi connectivity index (χ2v) is 4.02. The zero-order valence-corrected chi connectivity index (χ0v) is 9.96. The Morgan fingerprint density at radius 2 is 2.05 bits per heavy atom. The zero-order chi connectivity index (χ0) is 13.2. The van der Waals surface area contributed by atoms with Crippen LogP contribution in [0.15, 0.2) is 24.4 Å². The van der Waals surface area contributed by atoms with E-state index >= 15 is 0 Å². The fourth-order valence-electron chi connectivity index (χ4n) is 1.93. The van der Waals surface area contributed by atoms with Crippen molar-refractivity contribution >= 4 is 16.7 Å². The molecule has 0 spiro atoms. The highest BCUT2D eigenvalue weighted by molar-refractivity contribution is 5.90. The SMILES string of the molecule is O=C(O)COc1nccc2cc3c(cc12)OCCO3. The number of carboxylic acid groups (broad SMARTS) is 1. The molecule has 0 unspecified atom stereocenters. The van der Waals surface area contributed by atoms with Gasteiger partial charge < -0.3 is 19.3 Å². The number of fused-ring (bicyclic) bond motifs is 2. The van der Waals surface area contributed by atoms with E-state index in [9.17, 15) is 4.79 Å². The summed E-state index contributed by atoms with van der Waals surface area (Å²) in [6.07, 6.45) is 1.57. The van der Waals surface area contributed by atoms with E-state index in [2.05, 4.69) is 4.98 Å². The Balaban J connectivity index is 2.05. The van der Waals surface area contributed by atoms with E-state index in [0.29, 0.717) is 30.1 Å². The van der Waals surface area contributed by atoms with Gasteiger partial charge in [0.2, 0.25) is 5.88 Å². The van der Waals surface area contributed by atoms with Crippen molar-refractivity contribution in [1.29, 1.82) is 0 Å². The minimum absolute atomic E-state index is 0.275. The van der Waals surface area contributed by atoms with Gasteiger partial charge in [0.1, 0.15) is 13.2 Å². The van der Waals surface area contributed by atoms with Crippen molar-refractivity contribution in [2.75, 3.05) is 19.8 Å². The summed E-state index contributed by atoms with van der Waals surface area (Å²) in [6.45, 7) is 0.580. The maximum absolute atomic E-state index is 10.5. The molecule has 0 saturated heterocycles. The zero-order valence-electron chi connectivity index (χ0n) is 9.96. The summed E-state index contributed by atoms with van der Waals surface area (Å²) in [7, 11) is 0. The van der Waals surface area contributed by atoms with Crippen LogP contribution in [0.1, 0.15) is 0 Å². The topological polar surface area (TPSA) is 77.9 Å². The predicted molar refractivity (Wildman–Crippen MR) is 65.9 cm³/mol. The van der Waals surface area contributed by atoms with Crippen LogP contribution in [0.3, 0.4) is 0 Å². The van der Waals surface area contributed by atoms with Crippen LogP contribution in [0, 0.1) is 0 Å². The molecule has 2 aromatic rings. The van der Waals surface area contributed by atoms with Crippen molar-refractivity contribution in [2.24, 2.45) is 0 Å². The molecule has 0 radical (unpaired) electrons. The molecule has 2 heterocycles. The Hall–Kier alpha value is -2.50. The molecule has 0 bridgehead atoms. The Morgan fingerprint density at radius 3 is 2.79 bits per heavy atom. The lowest BCUT2D eigenvalue weighted by atomic mass is 10.1. The van der Waals surface area contributed by atoms with Gasteiger partial charge in [0.05, 0.1) is 0 Å². The number of rotatable bonds is 3. The van der Waals surface area contributed by atoms with Gasteiger partial charge in [0, 0.05) is 11.6 Å². The molecule has 3 rings (SSSR count). The fraction of sp³-hybridized carbons (Fsp3) is 0.231. The lowest BCUT2D eigenvalue weighted by Gasteiger charge is -2.19. The van der Waals surface area contributed by atoms with E-state index in [1.165, 1.54) is 0 Å². The molecule has 0 atom stereocenters. The summed E-state index contributed by atoms with van der Waals surface area (Å²) in [6, 6.07) is 5.40. The average molecular weight is 261 g/mol. The molecule has 6 nitrogen and oxygen atoms in total. The predicted octanol–water partition coefficient (Wildman–Crippen LogP) is 1.47. The first-order valence-corrected chi connectivity index (χ1v) is 5.77. The van der Waals surface area contributed by atoms with Crippen LogP contribution in [-0.4, -0.2) is 35.9 Å². The van der Waals surface area contributed by atoms with Crippen LogP contribution < -0.4 is 14.2 Å².